The molecule has 17 heavy (non-hydrogen) atoms. The van der Waals surface area contributed by atoms with Gasteiger partial charge in [0.05, 0.1) is 6.33 Å². The molecule has 1 aromatic rings. The molecular weight excluding hydrogens is 216 g/mol. The van der Waals surface area contributed by atoms with E-state index in [1.54, 1.807) is 23.5 Å². The minimum absolute atomic E-state index is 0.0735. The predicted octanol–water partition coefficient (Wildman–Crippen LogP) is 0.878. The summed E-state index contributed by atoms with van der Waals surface area (Å²) in [5.74, 6) is -0.0735. The first-order valence-corrected chi connectivity index (χ1v) is 5.73. The largest absolute Gasteiger partial charge is 0.335 e. The molecule has 0 spiro atoms. The maximum Gasteiger partial charge on any atom is 0.274 e. The van der Waals surface area contributed by atoms with Crippen LogP contribution in [0, 0.1) is 0 Å². The van der Waals surface area contributed by atoms with Gasteiger partial charge in [-0.3, -0.25) is 4.79 Å². The Bertz CT molecular complexity index is 384. The number of nitrogens with two attached hydrogens (primary N) is 1. The molecule has 0 aliphatic rings. The van der Waals surface area contributed by atoms with Gasteiger partial charge in [-0.05, 0) is 13.8 Å². The van der Waals surface area contributed by atoms with E-state index in [2.05, 4.69) is 11.6 Å². The first-order chi connectivity index (χ1) is 8.10. The Balaban J connectivity index is 2.81. The van der Waals surface area contributed by atoms with E-state index in [0.717, 1.165) is 0 Å². The topological polar surface area (TPSA) is 64.2 Å². The molecule has 0 saturated heterocycles. The molecule has 5 nitrogen and oxygen atoms in total. The molecule has 5 heteroatoms. The molecule has 0 aliphatic carbocycles. The van der Waals surface area contributed by atoms with Gasteiger partial charge in [-0.15, -0.1) is 6.58 Å². The second-order valence-electron chi connectivity index (χ2n) is 4.13. The number of nitrogens with zero attached hydrogens (tertiary/aromatic N) is 3. The Kier molecular flexibility index (Phi) is 4.90. The van der Waals surface area contributed by atoms with Crippen LogP contribution in [0.5, 0.6) is 0 Å². The quantitative estimate of drug-likeness (QED) is 0.746. The fraction of sp³-hybridized carbons (Fsp3) is 0.500. The molecule has 1 rings (SSSR count). The van der Waals surface area contributed by atoms with Crippen molar-refractivity contribution in [1.29, 1.82) is 0 Å². The molecule has 1 amide bonds. The van der Waals surface area contributed by atoms with E-state index in [1.165, 1.54) is 0 Å². The van der Waals surface area contributed by atoms with Gasteiger partial charge < -0.3 is 15.2 Å². The van der Waals surface area contributed by atoms with Crippen LogP contribution < -0.4 is 5.73 Å². The molecular formula is C12H20N4O. The van der Waals surface area contributed by atoms with Gasteiger partial charge in [0.25, 0.3) is 5.91 Å². The lowest BCUT2D eigenvalue weighted by atomic mass is 10.2. The minimum atomic E-state index is -0.0735. The maximum atomic E-state index is 12.2. The average molecular weight is 236 g/mol. The van der Waals surface area contributed by atoms with Crippen molar-refractivity contribution in [3.05, 3.63) is 30.9 Å². The van der Waals surface area contributed by atoms with Crippen molar-refractivity contribution in [2.75, 3.05) is 13.1 Å². The molecule has 0 bridgehead atoms. The first kappa shape index (κ1) is 13.4. The Morgan fingerprint density at radius 3 is 2.94 bits per heavy atom. The molecule has 0 fully saturated rings. The number of carbonyl (C=O) groups is 1. The van der Waals surface area contributed by atoms with Crippen molar-refractivity contribution in [1.82, 2.24) is 14.5 Å². The molecule has 1 aromatic heterocycles. The third-order valence-corrected chi connectivity index (χ3v) is 2.45. The summed E-state index contributed by atoms with van der Waals surface area (Å²) in [6, 6.07) is 0.125. The molecule has 1 heterocycles. The van der Waals surface area contributed by atoms with E-state index in [1.807, 2.05) is 18.4 Å². The fourth-order valence-corrected chi connectivity index (χ4v) is 1.56. The third kappa shape index (κ3) is 3.42. The van der Waals surface area contributed by atoms with Crippen molar-refractivity contribution in [2.24, 2.45) is 5.73 Å². The lowest BCUT2D eigenvalue weighted by Crippen LogP contribution is -2.37. The van der Waals surface area contributed by atoms with Gasteiger partial charge in [0, 0.05) is 31.9 Å². The van der Waals surface area contributed by atoms with Crippen LogP contribution in [0.3, 0.4) is 0 Å². The zero-order valence-corrected chi connectivity index (χ0v) is 10.5. The van der Waals surface area contributed by atoms with Crippen molar-refractivity contribution in [2.45, 2.75) is 26.4 Å². The summed E-state index contributed by atoms with van der Waals surface area (Å²) >= 11 is 0. The molecule has 0 radical (unpaired) electrons. The number of aromatic nitrogens is 2. The summed E-state index contributed by atoms with van der Waals surface area (Å²) in [7, 11) is 0. The van der Waals surface area contributed by atoms with E-state index in [9.17, 15) is 4.79 Å². The van der Waals surface area contributed by atoms with Crippen LogP contribution in [0.25, 0.3) is 0 Å². The van der Waals surface area contributed by atoms with E-state index >= 15 is 0 Å². The summed E-state index contributed by atoms with van der Waals surface area (Å²) in [6.07, 6.45) is 5.08. The molecule has 0 saturated carbocycles. The molecule has 0 atom stereocenters. The predicted molar refractivity (Wildman–Crippen MR) is 67.7 cm³/mol. The normalized spacial score (nSPS) is 10.6. The Morgan fingerprint density at radius 2 is 2.41 bits per heavy atom. The number of hydrogen-bond acceptors (Lipinski definition) is 3. The van der Waals surface area contributed by atoms with Gasteiger partial charge >= 0.3 is 0 Å². The van der Waals surface area contributed by atoms with Crippen LogP contribution in [0.4, 0.5) is 0 Å². The van der Waals surface area contributed by atoms with Gasteiger partial charge in [-0.1, -0.05) is 6.08 Å². The molecule has 2 N–H and O–H groups in total. The number of rotatable bonds is 6. The van der Waals surface area contributed by atoms with Gasteiger partial charge in [0.2, 0.25) is 0 Å². The van der Waals surface area contributed by atoms with Gasteiger partial charge in [0.15, 0.2) is 0 Å². The minimum Gasteiger partial charge on any atom is -0.335 e. The van der Waals surface area contributed by atoms with Gasteiger partial charge in [-0.25, -0.2) is 4.98 Å². The van der Waals surface area contributed by atoms with Crippen molar-refractivity contribution < 1.29 is 4.79 Å². The zero-order chi connectivity index (χ0) is 12.8. The Labute approximate surface area is 102 Å². The smallest absolute Gasteiger partial charge is 0.274 e. The lowest BCUT2D eigenvalue weighted by Gasteiger charge is -2.24. The van der Waals surface area contributed by atoms with Crippen LogP contribution in [-0.4, -0.2) is 39.5 Å². The van der Waals surface area contributed by atoms with Gasteiger partial charge in [0.1, 0.15) is 5.69 Å². The number of hydrogen-bond donors (Lipinski definition) is 1. The summed E-state index contributed by atoms with van der Waals surface area (Å²) in [5.41, 5.74) is 5.90. The Morgan fingerprint density at radius 1 is 1.71 bits per heavy atom. The van der Waals surface area contributed by atoms with E-state index < -0.39 is 0 Å². The van der Waals surface area contributed by atoms with Crippen LogP contribution in [-0.2, 0) is 6.54 Å². The van der Waals surface area contributed by atoms with Crippen LogP contribution in [0.2, 0.25) is 0 Å². The van der Waals surface area contributed by atoms with Crippen LogP contribution >= 0.6 is 0 Å². The maximum absolute atomic E-state index is 12.2. The van der Waals surface area contributed by atoms with E-state index in [4.69, 9.17) is 5.73 Å². The van der Waals surface area contributed by atoms with Gasteiger partial charge in [-0.2, -0.15) is 0 Å². The summed E-state index contributed by atoms with van der Waals surface area (Å²) < 4.78 is 1.82. The molecule has 0 aliphatic heterocycles. The molecule has 0 unspecified atom stereocenters. The summed E-state index contributed by atoms with van der Waals surface area (Å²) in [6.45, 7) is 9.33. The lowest BCUT2D eigenvalue weighted by molar-refractivity contribution is 0.0723. The second kappa shape index (κ2) is 6.20. The SMILES string of the molecule is C=CCN(C(=O)c1cn(CCN)cn1)C(C)C. The third-order valence-electron chi connectivity index (χ3n) is 2.45. The van der Waals surface area contributed by atoms with Crippen molar-refractivity contribution in [3.8, 4) is 0 Å². The summed E-state index contributed by atoms with van der Waals surface area (Å²) in [4.78, 5) is 18.0. The van der Waals surface area contributed by atoms with E-state index in [-0.39, 0.29) is 11.9 Å². The number of carbonyl (C=O) groups excluding carboxylic acids is 1. The number of amides is 1. The van der Waals surface area contributed by atoms with Crippen molar-refractivity contribution in [3.63, 3.8) is 0 Å². The number of imidazole rings is 1. The molecule has 0 aromatic carbocycles. The highest BCUT2D eigenvalue weighted by atomic mass is 16.2. The highest BCUT2D eigenvalue weighted by molar-refractivity contribution is 5.92. The summed E-state index contributed by atoms with van der Waals surface area (Å²) in [5, 5.41) is 0. The van der Waals surface area contributed by atoms with Crippen molar-refractivity contribution >= 4 is 5.91 Å². The average Bonchev–Trinajstić information content (AvgIpc) is 2.73. The van der Waals surface area contributed by atoms with Crippen LogP contribution in [0.1, 0.15) is 24.3 Å². The van der Waals surface area contributed by atoms with E-state index in [0.29, 0.717) is 25.3 Å². The van der Waals surface area contributed by atoms with Crippen LogP contribution in [0.15, 0.2) is 25.2 Å². The highest BCUT2D eigenvalue weighted by Crippen LogP contribution is 2.06. The second-order valence-corrected chi connectivity index (χ2v) is 4.13. The molecule has 94 valence electrons. The standard InChI is InChI=1S/C12H20N4O/c1-4-6-16(10(2)3)12(17)11-8-15(7-5-13)9-14-11/h4,8-10H,1,5-7,13H2,2-3H3. The zero-order valence-electron chi connectivity index (χ0n) is 10.5. The fourth-order valence-electron chi connectivity index (χ4n) is 1.56. The first-order valence-electron chi connectivity index (χ1n) is 5.73. The Hall–Kier alpha value is -1.62. The monoisotopic (exact) mass is 236 g/mol. The highest BCUT2D eigenvalue weighted by Gasteiger charge is 2.19.